The van der Waals surface area contributed by atoms with Gasteiger partial charge in [-0.15, -0.1) is 0 Å². The number of anilines is 2. The number of nitrogens with zero attached hydrogens (tertiary/aromatic N) is 3. The Kier molecular flexibility index (Phi) is 3.55. The second-order valence-corrected chi connectivity index (χ2v) is 7.67. The van der Waals surface area contributed by atoms with E-state index in [4.69, 9.17) is 0 Å². The van der Waals surface area contributed by atoms with E-state index in [9.17, 15) is 4.79 Å². The van der Waals surface area contributed by atoms with Gasteiger partial charge >= 0.3 is 0 Å². The quantitative estimate of drug-likeness (QED) is 0.414. The molecule has 30 heavy (non-hydrogen) atoms. The molecule has 1 unspecified atom stereocenters. The lowest BCUT2D eigenvalue weighted by Gasteiger charge is -2.19. The zero-order valence-corrected chi connectivity index (χ0v) is 16.3. The highest BCUT2D eigenvalue weighted by Gasteiger charge is 2.31. The molecule has 5 heterocycles. The maximum atomic E-state index is 12.5. The van der Waals surface area contributed by atoms with Crippen LogP contribution in [0.2, 0.25) is 0 Å². The van der Waals surface area contributed by atoms with Crippen LogP contribution in [-0.4, -0.2) is 32.6 Å². The average Bonchev–Trinajstić information content (AvgIpc) is 3.37. The standard InChI is InChI=1S/C22H19N7O/c1-11-4-6-23-10-15(11)13-8-14-18(28-29-20(14)25-9-13)21-26-16-3-2-12-5-7-24-22(30)17(12)19(16)27-21/h2-4,6,8-10,21,26-27H,5,7H2,1H3,(H,24,30)(H,25,28,29). The summed E-state index contributed by atoms with van der Waals surface area (Å²) in [5.74, 6) is -0.0338. The molecule has 1 aromatic carbocycles. The third-order valence-electron chi connectivity index (χ3n) is 5.86. The molecular weight excluding hydrogens is 378 g/mol. The highest BCUT2D eigenvalue weighted by Crippen LogP contribution is 2.41. The van der Waals surface area contributed by atoms with Crippen LogP contribution in [0.25, 0.3) is 22.2 Å². The molecule has 8 nitrogen and oxygen atoms in total. The lowest BCUT2D eigenvalue weighted by molar-refractivity contribution is 0.0947. The third-order valence-corrected chi connectivity index (χ3v) is 5.86. The van der Waals surface area contributed by atoms with Crippen molar-refractivity contribution in [1.29, 1.82) is 0 Å². The molecule has 1 amide bonds. The number of amides is 1. The molecule has 8 heteroatoms. The molecule has 3 aromatic heterocycles. The Morgan fingerprint density at radius 2 is 2.07 bits per heavy atom. The first-order chi connectivity index (χ1) is 14.7. The fourth-order valence-corrected chi connectivity index (χ4v) is 4.31. The fraction of sp³-hybridized carbons (Fsp3) is 0.182. The minimum Gasteiger partial charge on any atom is -0.359 e. The van der Waals surface area contributed by atoms with Crippen molar-refractivity contribution in [2.75, 3.05) is 17.2 Å². The minimum absolute atomic E-state index is 0.0338. The summed E-state index contributed by atoms with van der Waals surface area (Å²) in [6, 6.07) is 8.13. The summed E-state index contributed by atoms with van der Waals surface area (Å²) in [4.78, 5) is 21.3. The number of fused-ring (bicyclic) bond motifs is 4. The molecule has 4 N–H and O–H groups in total. The van der Waals surface area contributed by atoms with Crippen molar-refractivity contribution >= 4 is 28.3 Å². The van der Waals surface area contributed by atoms with Gasteiger partial charge < -0.3 is 16.0 Å². The Bertz CT molecular complexity index is 1330. The van der Waals surface area contributed by atoms with Crippen LogP contribution >= 0.6 is 0 Å². The molecular formula is C22H19N7O. The number of carbonyl (C=O) groups excluding carboxylic acids is 1. The number of aromatic amines is 1. The lowest BCUT2D eigenvalue weighted by atomic mass is 9.98. The van der Waals surface area contributed by atoms with Gasteiger partial charge in [-0.05, 0) is 42.7 Å². The zero-order chi connectivity index (χ0) is 20.2. The van der Waals surface area contributed by atoms with Crippen LogP contribution < -0.4 is 16.0 Å². The van der Waals surface area contributed by atoms with Gasteiger partial charge in [-0.3, -0.25) is 14.9 Å². The molecule has 2 aliphatic heterocycles. The number of hydrogen-bond donors (Lipinski definition) is 4. The molecule has 0 saturated carbocycles. The van der Waals surface area contributed by atoms with Gasteiger partial charge in [0.25, 0.3) is 5.91 Å². The van der Waals surface area contributed by atoms with E-state index in [1.165, 1.54) is 0 Å². The van der Waals surface area contributed by atoms with Crippen molar-refractivity contribution in [3.05, 3.63) is 65.2 Å². The first-order valence-corrected chi connectivity index (χ1v) is 9.91. The minimum atomic E-state index is -0.238. The number of benzene rings is 1. The number of carbonyl (C=O) groups is 1. The van der Waals surface area contributed by atoms with Crippen molar-refractivity contribution in [3.8, 4) is 11.1 Å². The summed E-state index contributed by atoms with van der Waals surface area (Å²) < 4.78 is 0. The summed E-state index contributed by atoms with van der Waals surface area (Å²) in [6.07, 6.45) is 6.06. The first-order valence-electron chi connectivity index (χ1n) is 9.91. The molecule has 0 bridgehead atoms. The van der Waals surface area contributed by atoms with E-state index in [1.54, 1.807) is 6.20 Å². The molecule has 6 rings (SSSR count). The maximum absolute atomic E-state index is 12.5. The molecule has 0 radical (unpaired) electrons. The van der Waals surface area contributed by atoms with Gasteiger partial charge in [-0.1, -0.05) is 6.07 Å². The van der Waals surface area contributed by atoms with Gasteiger partial charge in [-0.2, -0.15) is 5.10 Å². The molecule has 0 saturated heterocycles. The molecule has 148 valence electrons. The number of aryl methyl sites for hydroxylation is 1. The van der Waals surface area contributed by atoms with Crippen LogP contribution in [-0.2, 0) is 6.42 Å². The summed E-state index contributed by atoms with van der Waals surface area (Å²) >= 11 is 0. The average molecular weight is 397 g/mol. The predicted octanol–water partition coefficient (Wildman–Crippen LogP) is 3.15. The normalized spacial score (nSPS) is 17.1. The predicted molar refractivity (Wildman–Crippen MR) is 114 cm³/mol. The summed E-state index contributed by atoms with van der Waals surface area (Å²) in [5, 5.41) is 18.3. The van der Waals surface area contributed by atoms with Gasteiger partial charge in [0.05, 0.1) is 22.6 Å². The number of aromatic nitrogens is 4. The second kappa shape index (κ2) is 6.28. The smallest absolute Gasteiger partial charge is 0.253 e. The number of nitrogens with one attached hydrogen (secondary N) is 4. The summed E-state index contributed by atoms with van der Waals surface area (Å²) in [7, 11) is 0. The largest absolute Gasteiger partial charge is 0.359 e. The van der Waals surface area contributed by atoms with Crippen molar-refractivity contribution in [3.63, 3.8) is 0 Å². The van der Waals surface area contributed by atoms with Crippen molar-refractivity contribution in [2.45, 2.75) is 19.5 Å². The Balaban J connectivity index is 1.42. The zero-order valence-electron chi connectivity index (χ0n) is 16.3. The monoisotopic (exact) mass is 397 g/mol. The topological polar surface area (TPSA) is 108 Å². The van der Waals surface area contributed by atoms with E-state index in [1.807, 2.05) is 30.6 Å². The van der Waals surface area contributed by atoms with E-state index >= 15 is 0 Å². The number of H-pyrrole nitrogens is 1. The fourth-order valence-electron chi connectivity index (χ4n) is 4.31. The highest BCUT2D eigenvalue weighted by atomic mass is 16.1. The number of hydrogen-bond acceptors (Lipinski definition) is 6. The van der Waals surface area contributed by atoms with E-state index < -0.39 is 0 Å². The van der Waals surface area contributed by atoms with Crippen LogP contribution in [0.15, 0.2) is 42.9 Å². The van der Waals surface area contributed by atoms with Crippen LogP contribution in [0.3, 0.4) is 0 Å². The second-order valence-electron chi connectivity index (χ2n) is 7.67. The third kappa shape index (κ3) is 2.46. The molecule has 0 spiro atoms. The van der Waals surface area contributed by atoms with Gasteiger partial charge in [0.2, 0.25) is 0 Å². The van der Waals surface area contributed by atoms with Crippen LogP contribution in [0.4, 0.5) is 11.4 Å². The Morgan fingerprint density at radius 3 is 2.97 bits per heavy atom. The number of pyridine rings is 2. The molecule has 1 atom stereocenters. The van der Waals surface area contributed by atoms with E-state index in [0.29, 0.717) is 12.2 Å². The highest BCUT2D eigenvalue weighted by molar-refractivity contribution is 6.06. The van der Waals surface area contributed by atoms with E-state index in [0.717, 1.165) is 56.7 Å². The molecule has 4 aromatic rings. The Hall–Kier alpha value is -3.94. The van der Waals surface area contributed by atoms with Gasteiger partial charge in [0.1, 0.15) is 6.17 Å². The Morgan fingerprint density at radius 1 is 1.13 bits per heavy atom. The van der Waals surface area contributed by atoms with Gasteiger partial charge in [-0.25, -0.2) is 4.98 Å². The summed E-state index contributed by atoms with van der Waals surface area (Å²) in [5.41, 5.74) is 8.23. The van der Waals surface area contributed by atoms with Crippen LogP contribution in [0.5, 0.6) is 0 Å². The Labute approximate surface area is 172 Å². The molecule has 0 aliphatic carbocycles. The number of rotatable bonds is 2. The van der Waals surface area contributed by atoms with Gasteiger partial charge in [0, 0.05) is 41.6 Å². The molecule has 0 fully saturated rings. The SMILES string of the molecule is Cc1ccncc1-c1cnc2n[nH]c(C3Nc4ccc5c(c4N3)C(=O)NCC5)c2c1. The van der Waals surface area contributed by atoms with Crippen LogP contribution in [0.1, 0.15) is 33.3 Å². The van der Waals surface area contributed by atoms with E-state index in [2.05, 4.69) is 49.1 Å². The van der Waals surface area contributed by atoms with E-state index in [-0.39, 0.29) is 12.1 Å². The lowest BCUT2D eigenvalue weighted by Crippen LogP contribution is -2.32. The van der Waals surface area contributed by atoms with Crippen LogP contribution in [0, 0.1) is 6.92 Å². The van der Waals surface area contributed by atoms with Crippen molar-refractivity contribution in [1.82, 2.24) is 25.5 Å². The van der Waals surface area contributed by atoms with Crippen molar-refractivity contribution in [2.24, 2.45) is 0 Å². The summed E-state index contributed by atoms with van der Waals surface area (Å²) in [6.45, 7) is 2.73. The van der Waals surface area contributed by atoms with Gasteiger partial charge in [0.15, 0.2) is 5.65 Å². The maximum Gasteiger partial charge on any atom is 0.253 e. The molecule has 2 aliphatic rings. The van der Waals surface area contributed by atoms with Crippen molar-refractivity contribution < 1.29 is 4.79 Å². The first kappa shape index (κ1) is 17.0.